The van der Waals surface area contributed by atoms with Gasteiger partial charge in [-0.15, -0.1) is 0 Å². The Labute approximate surface area is 104 Å². The number of aromatic nitrogens is 2. The molecule has 6 heteroatoms. The van der Waals surface area contributed by atoms with E-state index < -0.39 is 5.91 Å². The van der Waals surface area contributed by atoms with Gasteiger partial charge in [0, 0.05) is 7.05 Å². The molecular weight excluding hydrogens is 230 g/mol. The van der Waals surface area contributed by atoms with E-state index in [0.29, 0.717) is 0 Å². The van der Waals surface area contributed by atoms with Crippen LogP contribution in [0.25, 0.3) is 11.3 Å². The van der Waals surface area contributed by atoms with Gasteiger partial charge in [0.2, 0.25) is 0 Å². The maximum Gasteiger partial charge on any atom is 0.300 e. The molecule has 4 N–H and O–H groups in total. The Morgan fingerprint density at radius 2 is 1.94 bits per heavy atom. The SMILES string of the molecule is Cn1nc(C(=O)N=C(N)N)cc1-c1ccccc1. The lowest BCUT2D eigenvalue weighted by molar-refractivity contribution is 0.0997. The van der Waals surface area contributed by atoms with Gasteiger partial charge in [0.15, 0.2) is 11.7 Å². The number of hydrogen-bond acceptors (Lipinski definition) is 2. The van der Waals surface area contributed by atoms with Crippen molar-refractivity contribution in [1.82, 2.24) is 9.78 Å². The standard InChI is InChI=1S/C12H13N5O/c1-17-10(8-5-3-2-4-6-8)7-9(16-17)11(18)15-12(13)14/h2-7H,1H3,(H4,13,14,15,18). The number of guanidine groups is 1. The van der Waals surface area contributed by atoms with E-state index in [1.165, 1.54) is 0 Å². The molecule has 2 rings (SSSR count). The van der Waals surface area contributed by atoms with Crippen molar-refractivity contribution in [3.63, 3.8) is 0 Å². The zero-order chi connectivity index (χ0) is 13.1. The van der Waals surface area contributed by atoms with E-state index >= 15 is 0 Å². The first kappa shape index (κ1) is 11.8. The lowest BCUT2D eigenvalue weighted by Crippen LogP contribution is -2.24. The van der Waals surface area contributed by atoms with Crippen LogP contribution in [0.2, 0.25) is 0 Å². The molecule has 0 saturated heterocycles. The molecule has 0 radical (unpaired) electrons. The average molecular weight is 243 g/mol. The van der Waals surface area contributed by atoms with Crippen LogP contribution in [0, 0.1) is 0 Å². The highest BCUT2D eigenvalue weighted by Gasteiger charge is 2.13. The first-order valence-corrected chi connectivity index (χ1v) is 5.31. The third-order valence-electron chi connectivity index (χ3n) is 2.40. The van der Waals surface area contributed by atoms with Crippen LogP contribution in [0.4, 0.5) is 0 Å². The second kappa shape index (κ2) is 4.70. The summed E-state index contributed by atoms with van der Waals surface area (Å²) in [6.45, 7) is 0. The summed E-state index contributed by atoms with van der Waals surface area (Å²) in [6, 6.07) is 11.3. The smallest absolute Gasteiger partial charge is 0.300 e. The van der Waals surface area contributed by atoms with Crippen molar-refractivity contribution in [3.05, 3.63) is 42.1 Å². The summed E-state index contributed by atoms with van der Waals surface area (Å²) < 4.78 is 1.62. The van der Waals surface area contributed by atoms with Crippen molar-refractivity contribution in [2.24, 2.45) is 23.5 Å². The summed E-state index contributed by atoms with van der Waals surface area (Å²) in [6.07, 6.45) is 0. The third kappa shape index (κ3) is 2.37. The molecule has 0 aliphatic rings. The minimum absolute atomic E-state index is 0.213. The molecule has 2 aromatic rings. The van der Waals surface area contributed by atoms with Crippen LogP contribution in [0.5, 0.6) is 0 Å². The Hall–Kier alpha value is -2.63. The summed E-state index contributed by atoms with van der Waals surface area (Å²) in [7, 11) is 1.76. The Morgan fingerprint density at radius 3 is 2.56 bits per heavy atom. The van der Waals surface area contributed by atoms with E-state index in [2.05, 4.69) is 10.1 Å². The second-order valence-electron chi connectivity index (χ2n) is 3.75. The topological polar surface area (TPSA) is 99.3 Å². The van der Waals surface area contributed by atoms with Crippen LogP contribution in [0.3, 0.4) is 0 Å². The van der Waals surface area contributed by atoms with E-state index in [-0.39, 0.29) is 11.7 Å². The Morgan fingerprint density at radius 1 is 1.28 bits per heavy atom. The van der Waals surface area contributed by atoms with Gasteiger partial charge in [0.1, 0.15) is 0 Å². The van der Waals surface area contributed by atoms with Crippen molar-refractivity contribution >= 4 is 11.9 Å². The monoisotopic (exact) mass is 243 g/mol. The van der Waals surface area contributed by atoms with Crippen molar-refractivity contribution in [3.8, 4) is 11.3 Å². The van der Waals surface area contributed by atoms with Crippen molar-refractivity contribution in [2.75, 3.05) is 0 Å². The average Bonchev–Trinajstić information content (AvgIpc) is 2.72. The van der Waals surface area contributed by atoms with Gasteiger partial charge in [-0.2, -0.15) is 10.1 Å². The molecule has 1 aromatic carbocycles. The van der Waals surface area contributed by atoms with E-state index in [9.17, 15) is 4.79 Å². The van der Waals surface area contributed by atoms with E-state index in [0.717, 1.165) is 11.3 Å². The fourth-order valence-corrected chi connectivity index (χ4v) is 1.63. The van der Waals surface area contributed by atoms with Gasteiger partial charge in [0.25, 0.3) is 0 Å². The Kier molecular flexibility index (Phi) is 3.09. The predicted octanol–water partition coefficient (Wildman–Crippen LogP) is 0.501. The maximum absolute atomic E-state index is 11.6. The van der Waals surface area contributed by atoms with Gasteiger partial charge in [0.05, 0.1) is 5.69 Å². The number of carbonyl (C=O) groups excluding carboxylic acids is 1. The second-order valence-corrected chi connectivity index (χ2v) is 3.75. The maximum atomic E-state index is 11.6. The largest absolute Gasteiger partial charge is 0.370 e. The molecule has 0 bridgehead atoms. The van der Waals surface area contributed by atoms with Crippen LogP contribution in [0.15, 0.2) is 41.4 Å². The van der Waals surface area contributed by atoms with E-state index in [1.54, 1.807) is 17.8 Å². The van der Waals surface area contributed by atoms with Crippen molar-refractivity contribution < 1.29 is 4.79 Å². The molecule has 6 nitrogen and oxygen atoms in total. The van der Waals surface area contributed by atoms with Gasteiger partial charge in [-0.25, -0.2) is 0 Å². The quantitative estimate of drug-likeness (QED) is 0.592. The number of nitrogens with two attached hydrogens (primary N) is 2. The fraction of sp³-hybridized carbons (Fsp3) is 0.0833. The molecule has 18 heavy (non-hydrogen) atoms. The zero-order valence-electron chi connectivity index (χ0n) is 9.87. The van der Waals surface area contributed by atoms with Gasteiger partial charge >= 0.3 is 5.91 Å². The first-order valence-electron chi connectivity index (χ1n) is 5.31. The molecular formula is C12H13N5O. The molecule has 0 aliphatic carbocycles. The number of aliphatic imine (C=N–C) groups is 1. The van der Waals surface area contributed by atoms with Crippen molar-refractivity contribution in [1.29, 1.82) is 0 Å². The minimum atomic E-state index is -0.548. The molecule has 0 saturated carbocycles. The summed E-state index contributed by atoms with van der Waals surface area (Å²) in [5.74, 6) is -0.820. The summed E-state index contributed by atoms with van der Waals surface area (Å²) >= 11 is 0. The Bertz CT molecular complexity index is 596. The highest BCUT2D eigenvalue weighted by molar-refractivity contribution is 6.01. The highest BCUT2D eigenvalue weighted by atomic mass is 16.1. The fourth-order valence-electron chi connectivity index (χ4n) is 1.63. The Balaban J connectivity index is 2.39. The molecule has 1 heterocycles. The number of nitrogens with zero attached hydrogens (tertiary/aromatic N) is 3. The molecule has 0 aliphatic heterocycles. The van der Waals surface area contributed by atoms with Crippen LogP contribution < -0.4 is 11.5 Å². The van der Waals surface area contributed by atoms with Gasteiger partial charge < -0.3 is 11.5 Å². The molecule has 0 fully saturated rings. The molecule has 0 unspecified atom stereocenters. The lowest BCUT2D eigenvalue weighted by atomic mass is 10.1. The van der Waals surface area contributed by atoms with Gasteiger partial charge in [-0.05, 0) is 11.6 Å². The molecule has 92 valence electrons. The van der Waals surface area contributed by atoms with Crippen LogP contribution in [-0.2, 0) is 7.05 Å². The number of rotatable bonds is 2. The zero-order valence-corrected chi connectivity index (χ0v) is 9.87. The van der Waals surface area contributed by atoms with Gasteiger partial charge in [-0.1, -0.05) is 30.3 Å². The normalized spacial score (nSPS) is 10.1. The number of amides is 1. The van der Waals surface area contributed by atoms with Crippen LogP contribution >= 0.6 is 0 Å². The number of hydrogen-bond donors (Lipinski definition) is 2. The molecule has 0 atom stereocenters. The lowest BCUT2D eigenvalue weighted by Gasteiger charge is -1.99. The highest BCUT2D eigenvalue weighted by Crippen LogP contribution is 2.19. The summed E-state index contributed by atoms with van der Waals surface area (Å²) in [5.41, 5.74) is 12.3. The van der Waals surface area contributed by atoms with E-state index in [1.807, 2.05) is 30.3 Å². The molecule has 1 aromatic heterocycles. The predicted molar refractivity (Wildman–Crippen MR) is 68.8 cm³/mol. The number of carbonyl (C=O) groups is 1. The van der Waals surface area contributed by atoms with Gasteiger partial charge in [-0.3, -0.25) is 9.48 Å². The first-order chi connectivity index (χ1) is 8.58. The van der Waals surface area contributed by atoms with Crippen molar-refractivity contribution in [2.45, 2.75) is 0 Å². The van der Waals surface area contributed by atoms with E-state index in [4.69, 9.17) is 11.5 Å². The number of aryl methyl sites for hydroxylation is 1. The minimum Gasteiger partial charge on any atom is -0.370 e. The molecule has 1 amide bonds. The van der Waals surface area contributed by atoms with Crippen LogP contribution in [-0.4, -0.2) is 21.6 Å². The third-order valence-corrected chi connectivity index (χ3v) is 2.40. The number of benzene rings is 1. The summed E-state index contributed by atoms with van der Waals surface area (Å²) in [5, 5.41) is 4.09. The summed E-state index contributed by atoms with van der Waals surface area (Å²) in [4.78, 5) is 15.1. The molecule has 0 spiro atoms. The van der Waals surface area contributed by atoms with Crippen LogP contribution in [0.1, 0.15) is 10.5 Å².